The van der Waals surface area contributed by atoms with Crippen LogP contribution in [0.4, 0.5) is 4.79 Å². The number of primary amides is 1. The molecule has 0 saturated carbocycles. The summed E-state index contributed by atoms with van der Waals surface area (Å²) >= 11 is 0. The smallest absolute Gasteiger partial charge is 0.314 e. The average Bonchev–Trinajstić information content (AvgIpc) is 2.29. The molecule has 0 atom stereocenters. The molecule has 0 saturated heterocycles. The highest BCUT2D eigenvalue weighted by atomic mass is 16.5. The number of rotatable bonds is 4. The van der Waals surface area contributed by atoms with Crippen LogP contribution in [-0.2, 0) is 6.54 Å². The molecule has 2 N–H and O–H groups in total. The number of carbonyl (C=O) groups excluding carboxylic acids is 1. The molecule has 0 aromatic heterocycles. The van der Waals surface area contributed by atoms with Gasteiger partial charge in [0, 0.05) is 18.7 Å². The summed E-state index contributed by atoms with van der Waals surface area (Å²) in [5, 5.41) is 0. The van der Waals surface area contributed by atoms with E-state index in [-0.39, 0.29) is 0 Å². The van der Waals surface area contributed by atoms with Gasteiger partial charge in [-0.15, -0.1) is 0 Å². The Bertz CT molecular complexity index is 379. The molecule has 0 aliphatic carbocycles. The zero-order valence-corrected chi connectivity index (χ0v) is 9.69. The predicted octanol–water partition coefficient (Wildman–Crippen LogP) is 1.21. The van der Waals surface area contributed by atoms with E-state index in [1.54, 1.807) is 27.3 Å². The van der Waals surface area contributed by atoms with Crippen LogP contribution in [0.15, 0.2) is 18.2 Å². The van der Waals surface area contributed by atoms with Gasteiger partial charge in [-0.05, 0) is 12.1 Å². The van der Waals surface area contributed by atoms with Crippen LogP contribution in [0.1, 0.15) is 5.56 Å². The Morgan fingerprint density at radius 3 is 2.56 bits per heavy atom. The number of urea groups is 1. The van der Waals surface area contributed by atoms with Crippen LogP contribution in [0.5, 0.6) is 11.5 Å². The lowest BCUT2D eigenvalue weighted by Crippen LogP contribution is -2.31. The molecule has 1 rings (SSSR count). The average molecular weight is 224 g/mol. The number of hydrogen-bond acceptors (Lipinski definition) is 3. The predicted molar refractivity (Wildman–Crippen MR) is 60.6 cm³/mol. The summed E-state index contributed by atoms with van der Waals surface area (Å²) in [6, 6.07) is 4.95. The normalized spacial score (nSPS) is 9.69. The molecular weight excluding hydrogens is 208 g/mol. The van der Waals surface area contributed by atoms with Gasteiger partial charge in [-0.3, -0.25) is 0 Å². The van der Waals surface area contributed by atoms with Crippen molar-refractivity contribution in [3.8, 4) is 11.5 Å². The minimum absolute atomic E-state index is 0.405. The van der Waals surface area contributed by atoms with Gasteiger partial charge in [0.2, 0.25) is 0 Å². The van der Waals surface area contributed by atoms with Gasteiger partial charge < -0.3 is 20.1 Å². The van der Waals surface area contributed by atoms with Crippen molar-refractivity contribution >= 4 is 6.03 Å². The van der Waals surface area contributed by atoms with Crippen LogP contribution in [0.3, 0.4) is 0 Å². The van der Waals surface area contributed by atoms with E-state index in [1.807, 2.05) is 12.1 Å². The maximum absolute atomic E-state index is 10.9. The van der Waals surface area contributed by atoms with Crippen LogP contribution in [0.2, 0.25) is 0 Å². The first-order chi connectivity index (χ1) is 7.58. The van der Waals surface area contributed by atoms with Crippen LogP contribution < -0.4 is 15.2 Å². The Balaban J connectivity index is 2.91. The number of nitrogens with zero attached hydrogens (tertiary/aromatic N) is 1. The molecule has 0 aliphatic heterocycles. The third-order valence-electron chi connectivity index (χ3n) is 2.28. The molecule has 0 aliphatic rings. The maximum Gasteiger partial charge on any atom is 0.314 e. The monoisotopic (exact) mass is 224 g/mol. The third-order valence-corrected chi connectivity index (χ3v) is 2.28. The van der Waals surface area contributed by atoms with E-state index in [0.29, 0.717) is 18.0 Å². The molecule has 0 spiro atoms. The summed E-state index contributed by atoms with van der Waals surface area (Å²) < 4.78 is 10.3. The van der Waals surface area contributed by atoms with Gasteiger partial charge in [-0.2, -0.15) is 0 Å². The first kappa shape index (κ1) is 12.2. The van der Waals surface area contributed by atoms with Gasteiger partial charge in [0.1, 0.15) is 11.5 Å². The molecule has 1 aromatic rings. The van der Waals surface area contributed by atoms with Crippen LogP contribution >= 0.6 is 0 Å². The Labute approximate surface area is 94.7 Å². The zero-order valence-electron chi connectivity index (χ0n) is 9.69. The molecule has 16 heavy (non-hydrogen) atoms. The molecular formula is C11H16N2O3. The van der Waals surface area contributed by atoms with Gasteiger partial charge in [0.15, 0.2) is 0 Å². The van der Waals surface area contributed by atoms with Crippen molar-refractivity contribution in [1.82, 2.24) is 4.90 Å². The fourth-order valence-electron chi connectivity index (χ4n) is 1.32. The number of amides is 2. The molecule has 88 valence electrons. The summed E-state index contributed by atoms with van der Waals surface area (Å²) in [4.78, 5) is 12.3. The number of ether oxygens (including phenoxy) is 2. The minimum Gasteiger partial charge on any atom is -0.497 e. The SMILES string of the molecule is COc1ccc(CN(C)C(N)=O)c(OC)c1. The number of hydrogen-bond donors (Lipinski definition) is 1. The summed E-state index contributed by atoms with van der Waals surface area (Å²) in [5.74, 6) is 1.38. The maximum atomic E-state index is 10.9. The minimum atomic E-state index is -0.474. The molecule has 0 heterocycles. The molecule has 0 radical (unpaired) electrons. The molecule has 5 nitrogen and oxygen atoms in total. The lowest BCUT2D eigenvalue weighted by Gasteiger charge is -2.16. The first-order valence-electron chi connectivity index (χ1n) is 4.80. The third kappa shape index (κ3) is 2.79. The van der Waals surface area contributed by atoms with Crippen LogP contribution in [-0.4, -0.2) is 32.2 Å². The van der Waals surface area contributed by atoms with Crippen molar-refractivity contribution in [3.63, 3.8) is 0 Å². The number of methoxy groups -OCH3 is 2. The first-order valence-corrected chi connectivity index (χ1v) is 4.80. The molecule has 1 aromatic carbocycles. The topological polar surface area (TPSA) is 64.8 Å². The van der Waals surface area contributed by atoms with E-state index in [4.69, 9.17) is 15.2 Å². The van der Waals surface area contributed by atoms with Crippen molar-refractivity contribution in [2.75, 3.05) is 21.3 Å². The van der Waals surface area contributed by atoms with Crippen molar-refractivity contribution in [1.29, 1.82) is 0 Å². The molecule has 0 bridgehead atoms. The second kappa shape index (κ2) is 5.25. The summed E-state index contributed by atoms with van der Waals surface area (Å²) in [7, 11) is 4.79. The highest BCUT2D eigenvalue weighted by molar-refractivity contribution is 5.71. The van der Waals surface area contributed by atoms with E-state index in [2.05, 4.69) is 0 Å². The largest absolute Gasteiger partial charge is 0.497 e. The number of nitrogens with two attached hydrogens (primary N) is 1. The van der Waals surface area contributed by atoms with Gasteiger partial charge in [0.25, 0.3) is 0 Å². The second-order valence-corrected chi connectivity index (χ2v) is 3.37. The van der Waals surface area contributed by atoms with E-state index in [0.717, 1.165) is 5.56 Å². The van der Waals surface area contributed by atoms with Gasteiger partial charge >= 0.3 is 6.03 Å². The number of carbonyl (C=O) groups is 1. The van der Waals surface area contributed by atoms with E-state index in [9.17, 15) is 4.79 Å². The van der Waals surface area contributed by atoms with E-state index in [1.165, 1.54) is 4.90 Å². The highest BCUT2D eigenvalue weighted by Crippen LogP contribution is 2.25. The summed E-state index contributed by atoms with van der Waals surface area (Å²) in [6.45, 7) is 0.405. The fourth-order valence-corrected chi connectivity index (χ4v) is 1.32. The standard InChI is InChI=1S/C11H16N2O3/c1-13(11(12)14)7-8-4-5-9(15-2)6-10(8)16-3/h4-6H,7H2,1-3H3,(H2,12,14). The van der Waals surface area contributed by atoms with Gasteiger partial charge in [0.05, 0.1) is 20.8 Å². The van der Waals surface area contributed by atoms with Gasteiger partial charge in [-0.25, -0.2) is 4.79 Å². The fraction of sp³-hybridized carbons (Fsp3) is 0.364. The van der Waals surface area contributed by atoms with E-state index < -0.39 is 6.03 Å². The second-order valence-electron chi connectivity index (χ2n) is 3.37. The van der Waals surface area contributed by atoms with Crippen LogP contribution in [0.25, 0.3) is 0 Å². The number of benzene rings is 1. The summed E-state index contributed by atoms with van der Waals surface area (Å²) in [5.41, 5.74) is 6.03. The van der Waals surface area contributed by atoms with Crippen LogP contribution in [0, 0.1) is 0 Å². The lowest BCUT2D eigenvalue weighted by molar-refractivity contribution is 0.216. The lowest BCUT2D eigenvalue weighted by atomic mass is 10.2. The Morgan fingerprint density at radius 1 is 1.38 bits per heavy atom. The molecule has 0 unspecified atom stereocenters. The van der Waals surface area contributed by atoms with E-state index >= 15 is 0 Å². The molecule has 0 fully saturated rings. The molecule has 2 amide bonds. The Hall–Kier alpha value is -1.91. The van der Waals surface area contributed by atoms with Crippen molar-refractivity contribution in [2.24, 2.45) is 5.73 Å². The van der Waals surface area contributed by atoms with Gasteiger partial charge in [-0.1, -0.05) is 0 Å². The highest BCUT2D eigenvalue weighted by Gasteiger charge is 2.09. The Morgan fingerprint density at radius 2 is 2.06 bits per heavy atom. The molecule has 5 heteroatoms. The zero-order chi connectivity index (χ0) is 12.1. The Kier molecular flexibility index (Phi) is 3.99. The van der Waals surface area contributed by atoms with Crippen molar-refractivity contribution in [3.05, 3.63) is 23.8 Å². The quantitative estimate of drug-likeness (QED) is 0.836. The summed E-state index contributed by atoms with van der Waals surface area (Å²) in [6.07, 6.45) is 0. The van der Waals surface area contributed by atoms with Crippen molar-refractivity contribution < 1.29 is 14.3 Å². The van der Waals surface area contributed by atoms with Crippen molar-refractivity contribution in [2.45, 2.75) is 6.54 Å².